The van der Waals surface area contributed by atoms with Gasteiger partial charge < -0.3 is 9.47 Å². The van der Waals surface area contributed by atoms with Gasteiger partial charge in [0.1, 0.15) is 0 Å². The summed E-state index contributed by atoms with van der Waals surface area (Å²) < 4.78 is 10.9. The lowest BCUT2D eigenvalue weighted by atomic mass is 10.2. The minimum atomic E-state index is -0.743. The quantitative estimate of drug-likeness (QED) is 0.760. The van der Waals surface area contributed by atoms with Crippen molar-refractivity contribution < 1.29 is 14.3 Å². The third-order valence-electron chi connectivity index (χ3n) is 2.38. The van der Waals surface area contributed by atoms with Gasteiger partial charge in [0.2, 0.25) is 0 Å². The number of carbonyl (C=O) groups excluding carboxylic acids is 1. The van der Waals surface area contributed by atoms with Gasteiger partial charge in [-0.3, -0.25) is 4.79 Å². The highest BCUT2D eigenvalue weighted by molar-refractivity contribution is 6.31. The summed E-state index contributed by atoms with van der Waals surface area (Å²) in [4.78, 5) is 11.6. The Hall–Kier alpha value is -1.22. The maximum Gasteiger partial charge on any atom is 0.264 e. The zero-order chi connectivity index (χ0) is 11.5. The van der Waals surface area contributed by atoms with Crippen LogP contribution in [-0.2, 0) is 4.79 Å². The zero-order valence-corrected chi connectivity index (χ0v) is 9.74. The molecule has 1 aromatic carbocycles. The van der Waals surface area contributed by atoms with Crippen molar-refractivity contribution in [3.63, 3.8) is 0 Å². The summed E-state index contributed by atoms with van der Waals surface area (Å²) in [6, 6.07) is 7.29. The molecule has 0 bridgehead atoms. The molecule has 0 amide bonds. The van der Waals surface area contributed by atoms with E-state index in [1.54, 1.807) is 12.1 Å². The lowest BCUT2D eigenvalue weighted by Gasteiger charge is -2.14. The second-order valence-corrected chi connectivity index (χ2v) is 4.14. The van der Waals surface area contributed by atoms with Crippen LogP contribution in [-0.4, -0.2) is 17.5 Å². The fourth-order valence-corrected chi connectivity index (χ4v) is 1.79. The predicted molar refractivity (Wildman–Crippen MR) is 61.0 cm³/mol. The molecule has 0 saturated heterocycles. The molecule has 0 spiro atoms. The Kier molecular flexibility index (Phi) is 3.34. The molecule has 1 aliphatic rings. The number of para-hydroxylation sites is 2. The van der Waals surface area contributed by atoms with Crippen molar-refractivity contribution in [2.24, 2.45) is 0 Å². The average Bonchev–Trinajstić information content (AvgIpc) is 2.71. The number of fused-ring (bicyclic) bond motifs is 1. The normalized spacial score (nSPS) is 16.1. The Morgan fingerprint density at radius 3 is 2.44 bits per heavy atom. The van der Waals surface area contributed by atoms with E-state index in [9.17, 15) is 4.79 Å². The van der Waals surface area contributed by atoms with Gasteiger partial charge in [0.15, 0.2) is 22.7 Å². The lowest BCUT2D eigenvalue weighted by Crippen LogP contribution is -2.35. The highest BCUT2D eigenvalue weighted by atomic mass is 35.5. The van der Waals surface area contributed by atoms with Crippen LogP contribution in [0.15, 0.2) is 24.3 Å². The van der Waals surface area contributed by atoms with Gasteiger partial charge in [0.05, 0.1) is 0 Å². The van der Waals surface area contributed by atoms with Crippen LogP contribution in [0.25, 0.3) is 0 Å². The van der Waals surface area contributed by atoms with Gasteiger partial charge in [0, 0.05) is 6.42 Å². The molecule has 1 unspecified atom stereocenters. The Morgan fingerprint density at radius 1 is 1.38 bits per heavy atom. The van der Waals surface area contributed by atoms with Crippen molar-refractivity contribution in [1.82, 2.24) is 0 Å². The molecule has 0 fully saturated rings. The van der Waals surface area contributed by atoms with Crippen molar-refractivity contribution in [3.8, 4) is 11.5 Å². The van der Waals surface area contributed by atoms with Crippen LogP contribution in [0.3, 0.4) is 0 Å². The monoisotopic (exact) mass is 240 g/mol. The van der Waals surface area contributed by atoms with Crippen LogP contribution < -0.4 is 9.47 Å². The first kappa shape index (κ1) is 11.3. The summed E-state index contributed by atoms with van der Waals surface area (Å²) in [5, 5.41) is -0.743. The number of hydrogen-bond donors (Lipinski definition) is 0. The first-order valence-corrected chi connectivity index (χ1v) is 5.75. The number of carbonyl (C=O) groups is 1. The highest BCUT2D eigenvalue weighted by Crippen LogP contribution is 2.36. The summed E-state index contributed by atoms with van der Waals surface area (Å²) in [6.07, 6.45) is 0.535. The highest BCUT2D eigenvalue weighted by Gasteiger charge is 2.34. The van der Waals surface area contributed by atoms with Gasteiger partial charge >= 0.3 is 0 Å². The molecule has 1 atom stereocenters. The number of rotatable bonds is 4. The van der Waals surface area contributed by atoms with Gasteiger partial charge in [0.25, 0.3) is 6.29 Å². The van der Waals surface area contributed by atoms with Crippen molar-refractivity contribution in [2.45, 2.75) is 31.4 Å². The number of alkyl halides is 1. The van der Waals surface area contributed by atoms with E-state index in [1.165, 1.54) is 0 Å². The van der Waals surface area contributed by atoms with E-state index in [-0.39, 0.29) is 5.78 Å². The Balaban J connectivity index is 2.03. The summed E-state index contributed by atoms with van der Waals surface area (Å²) in [5.41, 5.74) is 0. The average molecular weight is 241 g/mol. The summed E-state index contributed by atoms with van der Waals surface area (Å²) in [6.45, 7) is 1.94. The van der Waals surface area contributed by atoms with Crippen molar-refractivity contribution in [2.75, 3.05) is 0 Å². The van der Waals surface area contributed by atoms with Crippen LogP contribution >= 0.6 is 11.6 Å². The molecule has 1 aromatic rings. The number of halogens is 1. The number of hydrogen-bond acceptors (Lipinski definition) is 3. The Bertz CT molecular complexity index is 367. The molecule has 86 valence electrons. The molecule has 1 aliphatic heterocycles. The van der Waals surface area contributed by atoms with Crippen LogP contribution in [0.1, 0.15) is 19.8 Å². The first-order chi connectivity index (χ1) is 7.72. The number of ether oxygens (including phenoxy) is 2. The van der Waals surface area contributed by atoms with Crippen LogP contribution in [0, 0.1) is 0 Å². The largest absolute Gasteiger partial charge is 0.449 e. The standard InChI is InChI=1S/C12H13ClO3/c1-2-5-8(14)11(13)12-15-9-6-3-4-7-10(9)16-12/h3-4,6-7,11-12H,2,5H2,1H3. The van der Waals surface area contributed by atoms with Gasteiger partial charge in [-0.2, -0.15) is 0 Å². The van der Waals surface area contributed by atoms with E-state index in [2.05, 4.69) is 0 Å². The Morgan fingerprint density at radius 2 is 1.94 bits per heavy atom. The van der Waals surface area contributed by atoms with E-state index >= 15 is 0 Å². The van der Waals surface area contributed by atoms with E-state index in [0.29, 0.717) is 17.9 Å². The smallest absolute Gasteiger partial charge is 0.264 e. The SMILES string of the molecule is CCCC(=O)C(Cl)C1Oc2ccccc2O1. The zero-order valence-electron chi connectivity index (χ0n) is 8.98. The van der Waals surface area contributed by atoms with E-state index in [4.69, 9.17) is 21.1 Å². The molecule has 16 heavy (non-hydrogen) atoms. The van der Waals surface area contributed by atoms with Gasteiger partial charge in [-0.05, 0) is 18.6 Å². The topological polar surface area (TPSA) is 35.5 Å². The molecule has 2 rings (SSSR count). The first-order valence-electron chi connectivity index (χ1n) is 5.31. The van der Waals surface area contributed by atoms with E-state index in [1.807, 2.05) is 19.1 Å². The molecule has 1 heterocycles. The second kappa shape index (κ2) is 4.74. The van der Waals surface area contributed by atoms with Gasteiger partial charge in [-0.15, -0.1) is 11.6 Å². The minimum absolute atomic E-state index is 0.0398. The minimum Gasteiger partial charge on any atom is -0.449 e. The molecule has 0 radical (unpaired) electrons. The predicted octanol–water partition coefficient (Wildman–Crippen LogP) is 2.76. The van der Waals surface area contributed by atoms with E-state index in [0.717, 1.165) is 6.42 Å². The Labute approximate surface area is 99.3 Å². The molecule has 0 N–H and O–H groups in total. The molecule has 0 aromatic heterocycles. The molecule has 0 saturated carbocycles. The van der Waals surface area contributed by atoms with Crippen molar-refractivity contribution >= 4 is 17.4 Å². The molecule has 3 nitrogen and oxygen atoms in total. The van der Waals surface area contributed by atoms with E-state index < -0.39 is 11.7 Å². The maximum atomic E-state index is 11.6. The van der Waals surface area contributed by atoms with Crippen LogP contribution in [0.2, 0.25) is 0 Å². The van der Waals surface area contributed by atoms with Crippen LogP contribution in [0.4, 0.5) is 0 Å². The molecular formula is C12H13ClO3. The number of Topliss-reactive ketones (excluding diaryl/α,β-unsaturated/α-hetero) is 1. The molecular weight excluding hydrogens is 228 g/mol. The van der Waals surface area contributed by atoms with Crippen molar-refractivity contribution in [3.05, 3.63) is 24.3 Å². The maximum absolute atomic E-state index is 11.6. The number of ketones is 1. The number of benzene rings is 1. The van der Waals surface area contributed by atoms with Crippen molar-refractivity contribution in [1.29, 1.82) is 0 Å². The fourth-order valence-electron chi connectivity index (χ4n) is 1.57. The second-order valence-electron chi connectivity index (χ2n) is 3.67. The van der Waals surface area contributed by atoms with Gasteiger partial charge in [-0.1, -0.05) is 19.1 Å². The third-order valence-corrected chi connectivity index (χ3v) is 2.83. The van der Waals surface area contributed by atoms with Gasteiger partial charge in [-0.25, -0.2) is 0 Å². The molecule has 4 heteroatoms. The lowest BCUT2D eigenvalue weighted by molar-refractivity contribution is -0.122. The summed E-state index contributed by atoms with van der Waals surface area (Å²) in [5.74, 6) is 1.24. The summed E-state index contributed by atoms with van der Waals surface area (Å²) >= 11 is 6.01. The fraction of sp³-hybridized carbons (Fsp3) is 0.417. The van der Waals surface area contributed by atoms with Crippen LogP contribution in [0.5, 0.6) is 11.5 Å². The molecule has 0 aliphatic carbocycles. The third kappa shape index (κ3) is 2.14. The summed E-state index contributed by atoms with van der Waals surface area (Å²) in [7, 11) is 0.